The summed E-state index contributed by atoms with van der Waals surface area (Å²) >= 11 is 4.41. The number of nitrogens with zero attached hydrogens (tertiary/aromatic N) is 1. The summed E-state index contributed by atoms with van der Waals surface area (Å²) < 4.78 is 0.770. The number of phenols is 1. The van der Waals surface area contributed by atoms with Crippen molar-refractivity contribution in [3.8, 4) is 5.75 Å². The highest BCUT2D eigenvalue weighted by atomic mass is 79.9. The van der Waals surface area contributed by atoms with Crippen molar-refractivity contribution < 1.29 is 15.0 Å². The van der Waals surface area contributed by atoms with Crippen molar-refractivity contribution in [1.82, 2.24) is 0 Å². The zero-order valence-electron chi connectivity index (χ0n) is 8.05. The van der Waals surface area contributed by atoms with Crippen molar-refractivity contribution in [3.05, 3.63) is 28.2 Å². The van der Waals surface area contributed by atoms with E-state index in [9.17, 15) is 9.90 Å². The van der Waals surface area contributed by atoms with E-state index in [1.54, 1.807) is 18.2 Å². The van der Waals surface area contributed by atoms with Gasteiger partial charge in [-0.3, -0.25) is 9.79 Å². The van der Waals surface area contributed by atoms with Crippen LogP contribution in [0.3, 0.4) is 0 Å². The Morgan fingerprint density at radius 1 is 1.56 bits per heavy atom. The maximum absolute atomic E-state index is 10.8. The summed E-state index contributed by atoms with van der Waals surface area (Å²) in [6.45, 7) is 0.255. The number of phenolic OH excluding ortho intramolecular Hbond substituents is 1. The number of carbonyl (C=O) groups is 1. The molecule has 0 aromatic heterocycles. The molecule has 0 fully saturated rings. The van der Waals surface area contributed by atoms with E-state index >= 15 is 0 Å². The largest absolute Gasteiger partial charge is 0.507 e. The molecule has 1 unspecified atom stereocenters. The van der Waals surface area contributed by atoms with E-state index in [4.69, 9.17) is 5.11 Å². The third-order valence-electron chi connectivity index (χ3n) is 2.12. The van der Waals surface area contributed by atoms with E-state index in [1.807, 2.05) is 0 Å². The Balaban J connectivity index is 2.24. The number of hydrogen-bond donors (Lipinski definition) is 2. The maximum atomic E-state index is 10.8. The summed E-state index contributed by atoms with van der Waals surface area (Å²) in [7, 11) is 0. The molecule has 0 amide bonds. The van der Waals surface area contributed by atoms with Crippen molar-refractivity contribution in [2.24, 2.45) is 4.99 Å². The molecule has 1 heterocycles. The van der Waals surface area contributed by atoms with E-state index < -0.39 is 11.2 Å². The van der Waals surface area contributed by atoms with E-state index in [2.05, 4.69) is 20.9 Å². The molecular formula is C10H8BrNO3S. The number of benzene rings is 1. The van der Waals surface area contributed by atoms with Crippen molar-refractivity contribution in [2.45, 2.75) is 5.25 Å². The molecule has 6 heteroatoms. The predicted octanol–water partition coefficient (Wildman–Crippen LogP) is 2.10. The molecule has 16 heavy (non-hydrogen) atoms. The average molecular weight is 302 g/mol. The second-order valence-corrected chi connectivity index (χ2v) is 5.36. The van der Waals surface area contributed by atoms with E-state index in [1.165, 1.54) is 11.8 Å². The van der Waals surface area contributed by atoms with Crippen LogP contribution in [0.2, 0.25) is 0 Å². The summed E-state index contributed by atoms with van der Waals surface area (Å²) in [6.07, 6.45) is 0. The van der Waals surface area contributed by atoms with Gasteiger partial charge in [0.25, 0.3) is 0 Å². The van der Waals surface area contributed by atoms with Crippen molar-refractivity contribution in [1.29, 1.82) is 0 Å². The van der Waals surface area contributed by atoms with E-state index in [-0.39, 0.29) is 12.3 Å². The predicted molar refractivity (Wildman–Crippen MR) is 66.2 cm³/mol. The minimum atomic E-state index is -0.875. The molecular weight excluding hydrogens is 294 g/mol. The smallest absolute Gasteiger partial charge is 0.318 e. The number of carboxylic acids is 1. The van der Waals surface area contributed by atoms with Crippen LogP contribution in [0.15, 0.2) is 27.7 Å². The normalized spacial score (nSPS) is 19.6. The first-order valence-corrected chi connectivity index (χ1v) is 6.18. The van der Waals surface area contributed by atoms with Crippen LogP contribution in [-0.4, -0.2) is 33.0 Å². The van der Waals surface area contributed by atoms with Crippen LogP contribution < -0.4 is 0 Å². The third kappa shape index (κ3) is 2.22. The lowest BCUT2D eigenvalue weighted by molar-refractivity contribution is -0.136. The topological polar surface area (TPSA) is 69.9 Å². The van der Waals surface area contributed by atoms with Gasteiger partial charge in [-0.05, 0) is 18.2 Å². The molecule has 1 aromatic carbocycles. The molecule has 84 valence electrons. The Bertz CT molecular complexity index is 475. The van der Waals surface area contributed by atoms with Crippen LogP contribution in [0.25, 0.3) is 0 Å². The SMILES string of the molecule is O=C(O)C1CN=C(c2ccc(Br)cc2O)S1. The van der Waals surface area contributed by atoms with Gasteiger partial charge in [-0.2, -0.15) is 0 Å². The standard InChI is InChI=1S/C10H8BrNO3S/c11-5-1-2-6(7(13)3-5)9-12-4-8(16-9)10(14)15/h1-3,8,13H,4H2,(H,14,15). The molecule has 1 aliphatic rings. The highest BCUT2D eigenvalue weighted by Gasteiger charge is 2.27. The first-order chi connectivity index (χ1) is 7.58. The molecule has 0 radical (unpaired) electrons. The second kappa shape index (κ2) is 4.47. The van der Waals surface area contributed by atoms with E-state index in [0.29, 0.717) is 10.6 Å². The number of aromatic hydroxyl groups is 1. The van der Waals surface area contributed by atoms with Crippen LogP contribution in [0, 0.1) is 0 Å². The zero-order valence-corrected chi connectivity index (χ0v) is 10.5. The molecule has 0 spiro atoms. The Kier molecular flexibility index (Phi) is 3.20. The summed E-state index contributed by atoms with van der Waals surface area (Å²) in [5, 5.41) is 18.6. The van der Waals surface area contributed by atoms with Gasteiger partial charge in [0.15, 0.2) is 0 Å². The number of rotatable bonds is 2. The Morgan fingerprint density at radius 3 is 2.88 bits per heavy atom. The third-order valence-corrected chi connectivity index (χ3v) is 3.82. The van der Waals surface area contributed by atoms with Gasteiger partial charge in [-0.25, -0.2) is 0 Å². The molecule has 0 aliphatic carbocycles. The fourth-order valence-electron chi connectivity index (χ4n) is 1.34. The molecule has 0 saturated heterocycles. The summed E-state index contributed by atoms with van der Waals surface area (Å²) in [6, 6.07) is 5.06. The number of halogens is 1. The highest BCUT2D eigenvalue weighted by molar-refractivity contribution is 9.10. The number of carboxylic acid groups (broad SMARTS) is 1. The highest BCUT2D eigenvalue weighted by Crippen LogP contribution is 2.31. The summed E-state index contributed by atoms with van der Waals surface area (Å²) in [5.41, 5.74) is 0.581. The van der Waals surface area contributed by atoms with Gasteiger partial charge in [0.05, 0.1) is 6.54 Å². The molecule has 2 rings (SSSR count). The monoisotopic (exact) mass is 301 g/mol. The van der Waals surface area contributed by atoms with Gasteiger partial charge in [-0.15, -0.1) is 0 Å². The average Bonchev–Trinajstić information content (AvgIpc) is 2.66. The van der Waals surface area contributed by atoms with Gasteiger partial charge in [-0.1, -0.05) is 27.7 Å². The van der Waals surface area contributed by atoms with Crippen LogP contribution in [-0.2, 0) is 4.79 Å². The fourth-order valence-corrected chi connectivity index (χ4v) is 2.65. The Labute approximate surface area is 105 Å². The van der Waals surface area contributed by atoms with Gasteiger partial charge in [0.2, 0.25) is 0 Å². The van der Waals surface area contributed by atoms with E-state index in [0.717, 1.165) is 4.47 Å². The number of thioether (sulfide) groups is 1. The summed E-state index contributed by atoms with van der Waals surface area (Å²) in [4.78, 5) is 14.9. The first kappa shape index (κ1) is 11.5. The van der Waals surface area contributed by atoms with Crippen LogP contribution >= 0.6 is 27.7 Å². The molecule has 1 aliphatic heterocycles. The summed E-state index contributed by atoms with van der Waals surface area (Å²) in [5.74, 6) is -0.771. The number of aliphatic imine (C=N–C) groups is 1. The van der Waals surface area contributed by atoms with Crippen molar-refractivity contribution in [3.63, 3.8) is 0 Å². The maximum Gasteiger partial charge on any atom is 0.318 e. The number of aliphatic carboxylic acids is 1. The number of hydrogen-bond acceptors (Lipinski definition) is 4. The second-order valence-electron chi connectivity index (χ2n) is 3.25. The molecule has 0 saturated carbocycles. The molecule has 2 N–H and O–H groups in total. The lowest BCUT2D eigenvalue weighted by Gasteiger charge is -2.05. The Morgan fingerprint density at radius 2 is 2.31 bits per heavy atom. The van der Waals surface area contributed by atoms with Gasteiger partial charge in [0.1, 0.15) is 16.0 Å². The minimum Gasteiger partial charge on any atom is -0.507 e. The molecule has 4 nitrogen and oxygen atoms in total. The fraction of sp³-hybridized carbons (Fsp3) is 0.200. The Hall–Kier alpha value is -1.01. The lowest BCUT2D eigenvalue weighted by atomic mass is 10.2. The lowest BCUT2D eigenvalue weighted by Crippen LogP contribution is -2.16. The molecule has 1 aromatic rings. The van der Waals surface area contributed by atoms with Crippen molar-refractivity contribution >= 4 is 38.7 Å². The van der Waals surface area contributed by atoms with Crippen LogP contribution in [0.5, 0.6) is 5.75 Å². The zero-order chi connectivity index (χ0) is 11.7. The van der Waals surface area contributed by atoms with Crippen LogP contribution in [0.4, 0.5) is 0 Å². The van der Waals surface area contributed by atoms with Gasteiger partial charge in [0, 0.05) is 10.0 Å². The first-order valence-electron chi connectivity index (χ1n) is 4.50. The van der Waals surface area contributed by atoms with Crippen molar-refractivity contribution in [2.75, 3.05) is 6.54 Å². The van der Waals surface area contributed by atoms with Gasteiger partial charge >= 0.3 is 5.97 Å². The molecule has 1 atom stereocenters. The quantitative estimate of drug-likeness (QED) is 0.878. The van der Waals surface area contributed by atoms with Gasteiger partial charge < -0.3 is 10.2 Å². The molecule has 0 bridgehead atoms. The minimum absolute atomic E-state index is 0.103. The van der Waals surface area contributed by atoms with Crippen LogP contribution in [0.1, 0.15) is 5.56 Å².